The van der Waals surface area contributed by atoms with Gasteiger partial charge in [0.25, 0.3) is 0 Å². The van der Waals surface area contributed by atoms with Crippen LogP contribution in [-0.2, 0) is 0 Å². The fourth-order valence-corrected chi connectivity index (χ4v) is 8.96. The molecule has 2 unspecified atom stereocenters. The van der Waals surface area contributed by atoms with Gasteiger partial charge in [-0.15, -0.1) is 0 Å². The molecule has 0 saturated heterocycles. The zero-order valence-electron chi connectivity index (χ0n) is 30.9. The molecule has 10 aromatic rings. The van der Waals surface area contributed by atoms with Crippen LogP contribution in [0.1, 0.15) is 6.92 Å². The summed E-state index contributed by atoms with van der Waals surface area (Å²) in [5.41, 5.74) is 12.0. The third-order valence-electron chi connectivity index (χ3n) is 11.6. The zero-order valence-corrected chi connectivity index (χ0v) is 30.9. The largest absolute Gasteiger partial charge is 0.464 e. The predicted octanol–water partition coefficient (Wildman–Crippen LogP) is 14.9. The Hall–Kier alpha value is -7.10. The van der Waals surface area contributed by atoms with Gasteiger partial charge in [0.05, 0.1) is 12.3 Å². The van der Waals surface area contributed by atoms with Crippen molar-refractivity contribution in [3.05, 3.63) is 194 Å². The first-order valence-electron chi connectivity index (χ1n) is 19.4. The topological polar surface area (TPSA) is 29.5 Å². The maximum absolute atomic E-state index is 6.41. The maximum atomic E-state index is 6.41. The summed E-state index contributed by atoms with van der Waals surface area (Å²) in [6, 6.07) is 59.1. The van der Waals surface area contributed by atoms with E-state index in [1.807, 2.05) is 30.5 Å². The van der Waals surface area contributed by atoms with Gasteiger partial charge in [0.15, 0.2) is 0 Å². The minimum absolute atomic E-state index is 0.121. The first kappa shape index (κ1) is 32.3. The van der Waals surface area contributed by atoms with Crippen molar-refractivity contribution in [3.63, 3.8) is 0 Å². The average molecular weight is 720 g/mol. The summed E-state index contributed by atoms with van der Waals surface area (Å²) in [6.45, 7) is 2.30. The van der Waals surface area contributed by atoms with E-state index in [2.05, 4.69) is 176 Å². The van der Waals surface area contributed by atoms with Crippen LogP contribution in [0.4, 0.5) is 11.4 Å². The molecule has 1 aliphatic rings. The van der Waals surface area contributed by atoms with E-state index < -0.39 is 0 Å². The normalized spacial score (nSPS) is 15.4. The van der Waals surface area contributed by atoms with Gasteiger partial charge in [-0.1, -0.05) is 153 Å². The third-order valence-corrected chi connectivity index (χ3v) is 11.6. The van der Waals surface area contributed by atoms with E-state index in [0.29, 0.717) is 5.92 Å². The Kier molecular flexibility index (Phi) is 7.53. The van der Waals surface area contributed by atoms with Gasteiger partial charge in [-0.05, 0) is 91.7 Å². The Morgan fingerprint density at radius 3 is 1.71 bits per heavy atom. The van der Waals surface area contributed by atoms with Crippen LogP contribution in [0.5, 0.6) is 0 Å². The number of rotatable bonds is 6. The van der Waals surface area contributed by atoms with Crippen molar-refractivity contribution in [1.82, 2.24) is 0 Å². The molecule has 0 aliphatic heterocycles. The highest BCUT2D eigenvalue weighted by molar-refractivity contribution is 6.21. The van der Waals surface area contributed by atoms with Gasteiger partial charge in [-0.2, -0.15) is 0 Å². The molecular formula is C53H37NO2. The van der Waals surface area contributed by atoms with Crippen LogP contribution < -0.4 is 4.90 Å². The Morgan fingerprint density at radius 1 is 0.429 bits per heavy atom. The highest BCUT2D eigenvalue weighted by Gasteiger charge is 2.26. The molecule has 0 fully saturated rings. The highest BCUT2D eigenvalue weighted by Crippen LogP contribution is 2.46. The summed E-state index contributed by atoms with van der Waals surface area (Å²) in [4.78, 5) is 2.48. The minimum Gasteiger partial charge on any atom is -0.464 e. The van der Waals surface area contributed by atoms with Crippen molar-refractivity contribution >= 4 is 65.8 Å². The molecule has 0 radical (unpaired) electrons. The molecule has 266 valence electrons. The lowest BCUT2D eigenvalue weighted by molar-refractivity contribution is 0.609. The molecular weight excluding hydrogens is 683 g/mol. The Morgan fingerprint density at radius 2 is 1.00 bits per heavy atom. The molecule has 8 aromatic carbocycles. The second-order valence-corrected chi connectivity index (χ2v) is 14.9. The average Bonchev–Trinajstić information content (AvgIpc) is 3.85. The van der Waals surface area contributed by atoms with Crippen molar-refractivity contribution in [2.45, 2.75) is 13.0 Å². The summed E-state index contributed by atoms with van der Waals surface area (Å²) in [7, 11) is 0. The van der Waals surface area contributed by atoms with Crippen molar-refractivity contribution in [1.29, 1.82) is 0 Å². The minimum atomic E-state index is 0.121. The molecule has 0 N–H and O–H groups in total. The van der Waals surface area contributed by atoms with Gasteiger partial charge in [0, 0.05) is 39.2 Å². The lowest BCUT2D eigenvalue weighted by Gasteiger charge is -2.36. The van der Waals surface area contributed by atoms with Crippen molar-refractivity contribution in [2.24, 2.45) is 5.92 Å². The number of allylic oxidation sites excluding steroid dienone is 2. The molecule has 2 heterocycles. The van der Waals surface area contributed by atoms with Crippen LogP contribution >= 0.6 is 0 Å². The number of hydrogen-bond donors (Lipinski definition) is 0. The molecule has 3 nitrogen and oxygen atoms in total. The number of benzene rings is 8. The standard InChI is InChI=1S/C53H37NO2/c1-34-13-2-9-22-48(34)54(39-29-30-42-40-16-8-11-24-50(40)56-51(42)32-39)38-15-12-14-37(31-38)53-45-20-5-3-18-43(45)52(44-19-4-6-21-46(44)53)36-27-25-35(26-28-36)47-33-55-49-23-10-7-17-41(47)49/h2-34,48H,1H3. The van der Waals surface area contributed by atoms with Gasteiger partial charge in [-0.25, -0.2) is 0 Å². The molecule has 11 rings (SSSR count). The van der Waals surface area contributed by atoms with E-state index in [4.69, 9.17) is 8.83 Å². The second kappa shape index (κ2) is 13.0. The van der Waals surface area contributed by atoms with Crippen LogP contribution in [0.3, 0.4) is 0 Å². The fraction of sp³-hybridized carbons (Fsp3) is 0.0566. The van der Waals surface area contributed by atoms with Gasteiger partial charge in [0.1, 0.15) is 16.7 Å². The number of para-hydroxylation sites is 2. The van der Waals surface area contributed by atoms with E-state index >= 15 is 0 Å². The van der Waals surface area contributed by atoms with E-state index in [1.165, 1.54) is 43.8 Å². The van der Waals surface area contributed by atoms with Crippen LogP contribution in [0, 0.1) is 5.92 Å². The van der Waals surface area contributed by atoms with Crippen LogP contribution in [0.2, 0.25) is 0 Å². The van der Waals surface area contributed by atoms with E-state index in [9.17, 15) is 0 Å². The third kappa shape index (κ3) is 5.20. The first-order chi connectivity index (χ1) is 27.7. The monoisotopic (exact) mass is 719 g/mol. The number of hydrogen-bond acceptors (Lipinski definition) is 3. The lowest BCUT2D eigenvalue weighted by Crippen LogP contribution is -2.35. The zero-order chi connectivity index (χ0) is 37.2. The lowest BCUT2D eigenvalue weighted by atomic mass is 9.85. The van der Waals surface area contributed by atoms with E-state index in [-0.39, 0.29) is 6.04 Å². The van der Waals surface area contributed by atoms with Crippen LogP contribution in [-0.4, -0.2) is 6.04 Å². The van der Waals surface area contributed by atoms with Crippen molar-refractivity contribution in [2.75, 3.05) is 4.90 Å². The second-order valence-electron chi connectivity index (χ2n) is 14.9. The molecule has 0 bridgehead atoms. The summed E-state index contributed by atoms with van der Waals surface area (Å²) in [5, 5.41) is 8.32. The molecule has 3 heteroatoms. The molecule has 0 spiro atoms. The summed E-state index contributed by atoms with van der Waals surface area (Å²) < 4.78 is 12.3. The Bertz CT molecular complexity index is 3120. The predicted molar refractivity (Wildman–Crippen MR) is 235 cm³/mol. The Balaban J connectivity index is 1.07. The van der Waals surface area contributed by atoms with Crippen molar-refractivity contribution < 1.29 is 8.83 Å². The molecule has 1 aliphatic carbocycles. The fourth-order valence-electron chi connectivity index (χ4n) is 8.96. The number of fused-ring (bicyclic) bond motifs is 6. The molecule has 2 aromatic heterocycles. The summed E-state index contributed by atoms with van der Waals surface area (Å²) in [5.74, 6) is 0.301. The molecule has 0 amide bonds. The quantitative estimate of drug-likeness (QED) is 0.160. The summed E-state index contributed by atoms with van der Waals surface area (Å²) >= 11 is 0. The van der Waals surface area contributed by atoms with Gasteiger partial charge >= 0.3 is 0 Å². The van der Waals surface area contributed by atoms with E-state index in [1.54, 1.807) is 0 Å². The number of nitrogens with zero attached hydrogens (tertiary/aromatic N) is 1. The number of furan rings is 2. The number of anilines is 2. The molecule has 56 heavy (non-hydrogen) atoms. The first-order valence-corrected chi connectivity index (χ1v) is 19.4. The Labute approximate surface area is 325 Å². The van der Waals surface area contributed by atoms with Crippen LogP contribution in [0.15, 0.2) is 203 Å². The SMILES string of the molecule is CC1C=CC=CC1N(c1cccc(-c2c3ccccc3c(-c3ccc(-c4coc5ccccc45)cc3)c3ccccc23)c1)c1ccc2c(c1)oc1ccccc12. The molecule has 2 atom stereocenters. The maximum Gasteiger partial charge on any atom is 0.137 e. The van der Waals surface area contributed by atoms with Gasteiger partial charge < -0.3 is 13.7 Å². The molecule has 0 saturated carbocycles. The van der Waals surface area contributed by atoms with E-state index in [0.717, 1.165) is 55.4 Å². The van der Waals surface area contributed by atoms with Gasteiger partial charge in [-0.3, -0.25) is 0 Å². The van der Waals surface area contributed by atoms with Crippen molar-refractivity contribution in [3.8, 4) is 33.4 Å². The highest BCUT2D eigenvalue weighted by atomic mass is 16.3. The van der Waals surface area contributed by atoms with Crippen LogP contribution in [0.25, 0.3) is 87.8 Å². The smallest absolute Gasteiger partial charge is 0.137 e. The summed E-state index contributed by atoms with van der Waals surface area (Å²) in [6.07, 6.45) is 10.8. The van der Waals surface area contributed by atoms with Gasteiger partial charge in [0.2, 0.25) is 0 Å².